The summed E-state index contributed by atoms with van der Waals surface area (Å²) in [5.41, 5.74) is 0.505. The largest absolute Gasteiger partial charge is 0.496 e. The summed E-state index contributed by atoms with van der Waals surface area (Å²) < 4.78 is 25.9. The van der Waals surface area contributed by atoms with E-state index in [0.717, 1.165) is 0 Å². The number of aromatic nitrogens is 1. The van der Waals surface area contributed by atoms with E-state index in [1.165, 1.54) is 12.1 Å². The zero-order valence-corrected chi connectivity index (χ0v) is 7.07. The molecule has 2 aromatic rings. The molecule has 2 rings (SSSR count). The van der Waals surface area contributed by atoms with Crippen molar-refractivity contribution in [2.24, 2.45) is 0 Å². The minimum Gasteiger partial charge on any atom is -0.496 e. The molecule has 0 fully saturated rings. The van der Waals surface area contributed by atoms with Crippen LogP contribution < -0.4 is 4.74 Å². The molecule has 0 saturated carbocycles. The zero-order valence-electron chi connectivity index (χ0n) is 10.1. The average Bonchev–Trinajstić information content (AvgIpc) is 2.60. The predicted octanol–water partition coefficient (Wildman–Crippen LogP) is 1.87. The molecule has 72 valence electrons. The Hall–Kier alpha value is -1.97. The van der Waals surface area contributed by atoms with Crippen LogP contribution in [0.2, 0.25) is 0 Å². The van der Waals surface area contributed by atoms with Crippen LogP contribution in [0.25, 0.3) is 10.9 Å². The number of hydrogen-bond donors (Lipinski definition) is 2. The fourth-order valence-corrected chi connectivity index (χ4v) is 1.33. The van der Waals surface area contributed by atoms with Gasteiger partial charge in [0.1, 0.15) is 11.4 Å². The lowest BCUT2D eigenvalue weighted by molar-refractivity contribution is 0.0691. The second-order valence-electron chi connectivity index (χ2n) is 2.81. The van der Waals surface area contributed by atoms with Crippen LogP contribution >= 0.6 is 0 Å². The molecule has 0 atom stereocenters. The quantitative estimate of drug-likeness (QED) is 0.767. The number of H-pyrrole nitrogens is 1. The summed E-state index contributed by atoms with van der Waals surface area (Å²) in [4.78, 5) is 13.4. The van der Waals surface area contributed by atoms with Crippen molar-refractivity contribution in [2.75, 3.05) is 7.04 Å². The van der Waals surface area contributed by atoms with Gasteiger partial charge in [-0.05, 0) is 18.2 Å². The van der Waals surface area contributed by atoms with Gasteiger partial charge in [0.05, 0.1) is 11.2 Å². The number of rotatable bonds is 2. The third-order valence-corrected chi connectivity index (χ3v) is 1.96. The third-order valence-electron chi connectivity index (χ3n) is 1.96. The molecule has 0 unspecified atom stereocenters. The molecule has 0 aliphatic rings. The van der Waals surface area contributed by atoms with E-state index in [0.29, 0.717) is 10.9 Å². The Balaban J connectivity index is 2.53. The minimum atomic E-state index is -2.56. The van der Waals surface area contributed by atoms with Gasteiger partial charge >= 0.3 is 5.97 Å². The van der Waals surface area contributed by atoms with Gasteiger partial charge < -0.3 is 14.8 Å². The first-order chi connectivity index (χ1) is 7.87. The maximum atomic E-state index is 10.8. The highest BCUT2D eigenvalue weighted by Crippen LogP contribution is 2.25. The number of aromatic carboxylic acids is 1. The van der Waals surface area contributed by atoms with Gasteiger partial charge in [-0.1, -0.05) is 6.07 Å². The highest BCUT2D eigenvalue weighted by molar-refractivity contribution is 5.96. The van der Waals surface area contributed by atoms with Crippen LogP contribution in [0.4, 0.5) is 0 Å². The van der Waals surface area contributed by atoms with Crippen LogP contribution in [0, 0.1) is 0 Å². The molecular weight excluding hydrogens is 182 g/mol. The summed E-state index contributed by atoms with van der Waals surface area (Å²) in [5, 5.41) is 9.26. The van der Waals surface area contributed by atoms with Gasteiger partial charge in [0.25, 0.3) is 0 Å². The van der Waals surface area contributed by atoms with E-state index in [1.54, 1.807) is 12.1 Å². The fraction of sp³-hybridized carbons (Fsp3) is 0.100. The molecule has 0 radical (unpaired) electrons. The summed E-state index contributed by atoms with van der Waals surface area (Å²) in [6, 6.07) is 6.06. The summed E-state index contributed by atoms with van der Waals surface area (Å²) in [6.45, 7) is 0. The van der Waals surface area contributed by atoms with Crippen molar-refractivity contribution in [2.45, 2.75) is 0 Å². The zero-order chi connectivity index (χ0) is 12.6. The number of nitrogens with one attached hydrogen (secondary N) is 1. The number of carboxylic acid groups (broad SMARTS) is 1. The molecule has 0 aliphatic heterocycles. The van der Waals surface area contributed by atoms with E-state index < -0.39 is 13.0 Å². The van der Waals surface area contributed by atoms with E-state index in [-0.39, 0.29) is 11.4 Å². The van der Waals surface area contributed by atoms with Gasteiger partial charge in [0.2, 0.25) is 0 Å². The Bertz CT molecular complexity index is 574. The van der Waals surface area contributed by atoms with Crippen LogP contribution in [0.15, 0.2) is 24.3 Å². The molecule has 1 aromatic carbocycles. The number of fused-ring (bicyclic) bond motifs is 1. The number of benzene rings is 1. The molecule has 1 heterocycles. The van der Waals surface area contributed by atoms with Gasteiger partial charge in [-0.3, -0.25) is 0 Å². The molecule has 0 spiro atoms. The summed E-state index contributed by atoms with van der Waals surface area (Å²) in [5.74, 6) is -0.979. The van der Waals surface area contributed by atoms with E-state index in [9.17, 15) is 4.79 Å². The molecule has 0 saturated heterocycles. The Morgan fingerprint density at radius 3 is 3.21 bits per heavy atom. The topological polar surface area (TPSA) is 62.3 Å². The lowest BCUT2D eigenvalue weighted by Gasteiger charge is -1.99. The number of hydrogen-bond acceptors (Lipinski definition) is 2. The predicted molar refractivity (Wildman–Crippen MR) is 51.8 cm³/mol. The molecule has 0 bridgehead atoms. The fourth-order valence-electron chi connectivity index (χ4n) is 1.33. The molecule has 2 N–H and O–H groups in total. The summed E-state index contributed by atoms with van der Waals surface area (Å²) in [6.07, 6.45) is 0. The number of carbonyl (C=O) groups is 1. The lowest BCUT2D eigenvalue weighted by Crippen LogP contribution is -1.94. The Morgan fingerprint density at radius 1 is 1.64 bits per heavy atom. The van der Waals surface area contributed by atoms with Gasteiger partial charge in [0, 0.05) is 10.9 Å². The monoisotopic (exact) mass is 194 g/mol. The Labute approximate surface area is 84.3 Å². The summed E-state index contributed by atoms with van der Waals surface area (Å²) in [7, 11) is -2.56. The van der Waals surface area contributed by atoms with E-state index in [2.05, 4.69) is 4.98 Å². The Kier molecular flexibility index (Phi) is 1.25. The van der Waals surface area contributed by atoms with Gasteiger partial charge in [0.15, 0.2) is 0 Å². The third kappa shape index (κ3) is 1.21. The Morgan fingerprint density at radius 2 is 2.50 bits per heavy atom. The molecule has 1 aromatic heterocycles. The average molecular weight is 194 g/mol. The van der Waals surface area contributed by atoms with Crippen molar-refractivity contribution in [1.82, 2.24) is 4.98 Å². The molecular formula is C10H9NO3. The smallest absolute Gasteiger partial charge is 0.352 e. The molecule has 0 amide bonds. The molecule has 0 aliphatic carbocycles. The van der Waals surface area contributed by atoms with Crippen molar-refractivity contribution in [3.63, 3.8) is 0 Å². The van der Waals surface area contributed by atoms with Gasteiger partial charge in [-0.15, -0.1) is 0 Å². The summed E-state index contributed by atoms with van der Waals surface area (Å²) >= 11 is 0. The van der Waals surface area contributed by atoms with Crippen LogP contribution in [0.5, 0.6) is 5.75 Å². The molecule has 4 nitrogen and oxygen atoms in total. The maximum absolute atomic E-state index is 10.8. The molecule has 4 heteroatoms. The standard InChI is InChI=1S/C10H9NO3/c1-14-9-4-2-3-7-6(9)5-8(11-7)10(12)13/h2-5,11H,1H3,(H,12,13)/i1D3. The minimum absolute atomic E-state index is 0.0124. The SMILES string of the molecule is [2H]C([2H])([2H])Oc1cccc2[nH]c(C(=O)O)cc12. The maximum Gasteiger partial charge on any atom is 0.352 e. The first-order valence-corrected chi connectivity index (χ1v) is 3.91. The van der Waals surface area contributed by atoms with Crippen LogP contribution in [0.1, 0.15) is 14.6 Å². The van der Waals surface area contributed by atoms with Gasteiger partial charge in [-0.25, -0.2) is 4.79 Å². The van der Waals surface area contributed by atoms with Crippen molar-refractivity contribution in [3.8, 4) is 5.75 Å². The lowest BCUT2D eigenvalue weighted by atomic mass is 10.2. The number of carboxylic acids is 1. The number of methoxy groups -OCH3 is 1. The highest BCUT2D eigenvalue weighted by atomic mass is 16.5. The van der Waals surface area contributed by atoms with E-state index in [4.69, 9.17) is 14.0 Å². The normalized spacial score (nSPS) is 14.4. The van der Waals surface area contributed by atoms with Crippen molar-refractivity contribution < 1.29 is 18.8 Å². The van der Waals surface area contributed by atoms with Crippen LogP contribution in [-0.4, -0.2) is 23.1 Å². The van der Waals surface area contributed by atoms with Crippen molar-refractivity contribution >= 4 is 16.9 Å². The highest BCUT2D eigenvalue weighted by Gasteiger charge is 2.09. The van der Waals surface area contributed by atoms with E-state index >= 15 is 0 Å². The van der Waals surface area contributed by atoms with Gasteiger partial charge in [-0.2, -0.15) is 0 Å². The first kappa shape index (κ1) is 5.70. The van der Waals surface area contributed by atoms with E-state index in [1.807, 2.05) is 0 Å². The van der Waals surface area contributed by atoms with Crippen LogP contribution in [-0.2, 0) is 0 Å². The van der Waals surface area contributed by atoms with Crippen LogP contribution in [0.3, 0.4) is 0 Å². The molecule has 14 heavy (non-hydrogen) atoms. The number of ether oxygens (including phenoxy) is 1. The van der Waals surface area contributed by atoms with Crippen molar-refractivity contribution in [1.29, 1.82) is 0 Å². The number of aromatic amines is 1. The van der Waals surface area contributed by atoms with Crippen molar-refractivity contribution in [3.05, 3.63) is 30.0 Å². The second-order valence-corrected chi connectivity index (χ2v) is 2.81. The first-order valence-electron chi connectivity index (χ1n) is 5.41. The second kappa shape index (κ2) is 3.06.